The predicted octanol–water partition coefficient (Wildman–Crippen LogP) is 4.37. The van der Waals surface area contributed by atoms with E-state index in [9.17, 15) is 26.8 Å². The van der Waals surface area contributed by atoms with Crippen LogP contribution < -0.4 is 9.62 Å². The van der Waals surface area contributed by atoms with Crippen LogP contribution in [0.5, 0.6) is 0 Å². The maximum absolute atomic E-state index is 13.8. The van der Waals surface area contributed by atoms with Crippen molar-refractivity contribution < 1.29 is 26.8 Å². The van der Waals surface area contributed by atoms with Gasteiger partial charge in [-0.05, 0) is 57.5 Å². The number of halogens is 4. The zero-order valence-electron chi connectivity index (χ0n) is 19.9. The first-order valence-corrected chi connectivity index (χ1v) is 13.1. The molecule has 0 spiro atoms. The molecule has 192 valence electrons. The largest absolute Gasteiger partial charge is 0.350 e. The summed E-state index contributed by atoms with van der Waals surface area (Å²) in [4.78, 5) is 27.5. The fraction of sp³-hybridized carbons (Fsp3) is 0.391. The van der Waals surface area contributed by atoms with Crippen molar-refractivity contribution >= 4 is 50.7 Å². The maximum atomic E-state index is 13.8. The molecule has 1 N–H and O–H groups in total. The lowest BCUT2D eigenvalue weighted by atomic mass is 10.1. The standard InChI is InChI=1S/C23H27Cl2F2N3O4S/c1-14(22(32)28-23(2,3)4)29(12-15-6-7-16(24)10-18(15)25)21(31)13-30(35(5,33)34)17-8-9-19(26)20(27)11-17/h6-11,14H,12-13H2,1-5H3,(H,28,32)/t14-/m0/s1. The number of carbonyl (C=O) groups excluding carboxylic acids is 2. The van der Waals surface area contributed by atoms with E-state index < -0.39 is 51.6 Å². The van der Waals surface area contributed by atoms with Crippen molar-refractivity contribution in [3.05, 3.63) is 63.6 Å². The van der Waals surface area contributed by atoms with Crippen LogP contribution in [0.15, 0.2) is 36.4 Å². The van der Waals surface area contributed by atoms with Crippen molar-refractivity contribution in [2.75, 3.05) is 17.1 Å². The summed E-state index contributed by atoms with van der Waals surface area (Å²) in [6.45, 7) is 5.91. The lowest BCUT2D eigenvalue weighted by Gasteiger charge is -2.33. The second kappa shape index (κ2) is 11.1. The van der Waals surface area contributed by atoms with Crippen LogP contribution in [0.2, 0.25) is 10.0 Å². The van der Waals surface area contributed by atoms with Gasteiger partial charge >= 0.3 is 0 Å². The van der Waals surface area contributed by atoms with E-state index in [2.05, 4.69) is 5.32 Å². The minimum atomic E-state index is -4.08. The van der Waals surface area contributed by atoms with Gasteiger partial charge in [0.2, 0.25) is 21.8 Å². The number of hydrogen-bond acceptors (Lipinski definition) is 4. The summed E-state index contributed by atoms with van der Waals surface area (Å²) < 4.78 is 52.8. The van der Waals surface area contributed by atoms with Crippen LogP contribution in [0, 0.1) is 11.6 Å². The molecule has 0 aliphatic heterocycles. The summed E-state index contributed by atoms with van der Waals surface area (Å²) in [6, 6.07) is 6.09. The Morgan fingerprint density at radius 1 is 1.06 bits per heavy atom. The summed E-state index contributed by atoms with van der Waals surface area (Å²) in [7, 11) is -4.08. The van der Waals surface area contributed by atoms with Crippen molar-refractivity contribution in [3.8, 4) is 0 Å². The van der Waals surface area contributed by atoms with Crippen LogP contribution in [-0.2, 0) is 26.2 Å². The number of amides is 2. The highest BCUT2D eigenvalue weighted by molar-refractivity contribution is 7.92. The summed E-state index contributed by atoms with van der Waals surface area (Å²) in [5.41, 5.74) is -0.364. The van der Waals surface area contributed by atoms with E-state index in [1.807, 2.05) is 0 Å². The number of benzene rings is 2. The minimum absolute atomic E-state index is 0.136. The molecule has 0 bridgehead atoms. The number of hydrogen-bond donors (Lipinski definition) is 1. The molecule has 12 heteroatoms. The van der Waals surface area contributed by atoms with Crippen molar-refractivity contribution in [3.63, 3.8) is 0 Å². The predicted molar refractivity (Wildman–Crippen MR) is 133 cm³/mol. The molecule has 0 heterocycles. The smallest absolute Gasteiger partial charge is 0.244 e. The van der Waals surface area contributed by atoms with Gasteiger partial charge in [-0.3, -0.25) is 13.9 Å². The molecular formula is C23H27Cl2F2N3O4S. The Hall–Kier alpha value is -2.43. The normalized spacial score (nSPS) is 12.7. The lowest BCUT2D eigenvalue weighted by Crippen LogP contribution is -2.54. The van der Waals surface area contributed by atoms with E-state index in [1.165, 1.54) is 13.0 Å². The Labute approximate surface area is 214 Å². The third-order valence-corrected chi connectivity index (χ3v) is 6.62. The van der Waals surface area contributed by atoms with Crippen molar-refractivity contribution in [2.24, 2.45) is 0 Å². The zero-order valence-corrected chi connectivity index (χ0v) is 22.2. The molecule has 0 aliphatic carbocycles. The summed E-state index contributed by atoms with van der Waals surface area (Å²) >= 11 is 12.2. The fourth-order valence-corrected chi connectivity index (χ4v) is 4.45. The van der Waals surface area contributed by atoms with Crippen LogP contribution in [0.1, 0.15) is 33.3 Å². The molecule has 7 nitrogen and oxygen atoms in total. The summed E-state index contributed by atoms with van der Waals surface area (Å²) in [5.74, 6) is -3.68. The van der Waals surface area contributed by atoms with Gasteiger partial charge in [-0.25, -0.2) is 17.2 Å². The molecule has 0 fully saturated rings. The Kier molecular flexibility index (Phi) is 9.13. The van der Waals surface area contributed by atoms with E-state index in [-0.39, 0.29) is 17.3 Å². The SMILES string of the molecule is C[C@@H](C(=O)NC(C)(C)C)N(Cc1ccc(Cl)cc1Cl)C(=O)CN(c1ccc(F)c(F)c1)S(C)(=O)=O. The third kappa shape index (κ3) is 8.05. The molecule has 2 aromatic rings. The van der Waals surface area contributed by atoms with Gasteiger partial charge in [0.1, 0.15) is 12.6 Å². The first kappa shape index (κ1) is 28.8. The Morgan fingerprint density at radius 2 is 1.69 bits per heavy atom. The minimum Gasteiger partial charge on any atom is -0.350 e. The van der Waals surface area contributed by atoms with Gasteiger partial charge in [0, 0.05) is 28.2 Å². The number of nitrogens with one attached hydrogen (secondary N) is 1. The van der Waals surface area contributed by atoms with Gasteiger partial charge < -0.3 is 10.2 Å². The lowest BCUT2D eigenvalue weighted by molar-refractivity contribution is -0.140. The van der Waals surface area contributed by atoms with Crippen molar-refractivity contribution in [2.45, 2.75) is 45.8 Å². The highest BCUT2D eigenvalue weighted by Crippen LogP contribution is 2.25. The molecule has 0 radical (unpaired) electrons. The molecule has 2 amide bonds. The van der Waals surface area contributed by atoms with Crippen LogP contribution in [0.3, 0.4) is 0 Å². The van der Waals surface area contributed by atoms with E-state index in [1.54, 1.807) is 32.9 Å². The number of carbonyl (C=O) groups is 2. The van der Waals surface area contributed by atoms with Gasteiger partial charge in [-0.1, -0.05) is 29.3 Å². The van der Waals surface area contributed by atoms with Gasteiger partial charge in [0.15, 0.2) is 11.6 Å². The maximum Gasteiger partial charge on any atom is 0.244 e. The van der Waals surface area contributed by atoms with Gasteiger partial charge in [-0.15, -0.1) is 0 Å². The highest BCUT2D eigenvalue weighted by Gasteiger charge is 2.32. The Bertz CT molecular complexity index is 1220. The van der Waals surface area contributed by atoms with Gasteiger partial charge in [0.05, 0.1) is 11.9 Å². The summed E-state index contributed by atoms with van der Waals surface area (Å²) in [6.07, 6.45) is 0.831. The second-order valence-electron chi connectivity index (χ2n) is 9.04. The quantitative estimate of drug-likeness (QED) is 0.529. The number of nitrogens with zero attached hydrogens (tertiary/aromatic N) is 2. The topological polar surface area (TPSA) is 86.8 Å². The number of anilines is 1. The molecule has 0 saturated carbocycles. The Morgan fingerprint density at radius 3 is 2.20 bits per heavy atom. The molecule has 2 rings (SSSR count). The molecule has 0 unspecified atom stereocenters. The van der Waals surface area contributed by atoms with Crippen LogP contribution >= 0.6 is 23.2 Å². The highest BCUT2D eigenvalue weighted by atomic mass is 35.5. The van der Waals surface area contributed by atoms with Gasteiger partial charge in [0.25, 0.3) is 0 Å². The monoisotopic (exact) mass is 549 g/mol. The molecule has 1 atom stereocenters. The molecule has 0 aromatic heterocycles. The molecule has 35 heavy (non-hydrogen) atoms. The van der Waals surface area contributed by atoms with E-state index in [0.29, 0.717) is 21.0 Å². The fourth-order valence-electron chi connectivity index (χ4n) is 3.14. The zero-order chi connectivity index (χ0) is 26.7. The van der Waals surface area contributed by atoms with E-state index in [4.69, 9.17) is 23.2 Å². The molecular weight excluding hydrogens is 523 g/mol. The Balaban J connectivity index is 2.46. The molecule has 0 saturated heterocycles. The van der Waals surface area contributed by atoms with E-state index >= 15 is 0 Å². The third-order valence-electron chi connectivity index (χ3n) is 4.89. The first-order valence-electron chi connectivity index (χ1n) is 10.5. The first-order chi connectivity index (χ1) is 16.0. The average molecular weight is 550 g/mol. The number of sulfonamides is 1. The molecule has 0 aliphatic rings. The van der Waals surface area contributed by atoms with Crippen molar-refractivity contribution in [1.29, 1.82) is 0 Å². The van der Waals surface area contributed by atoms with Crippen molar-refractivity contribution in [1.82, 2.24) is 10.2 Å². The van der Waals surface area contributed by atoms with Gasteiger partial charge in [-0.2, -0.15) is 0 Å². The van der Waals surface area contributed by atoms with Crippen LogP contribution in [-0.4, -0.2) is 49.5 Å². The average Bonchev–Trinajstić information content (AvgIpc) is 2.71. The number of rotatable bonds is 8. The van der Waals surface area contributed by atoms with Crippen LogP contribution in [0.25, 0.3) is 0 Å². The summed E-state index contributed by atoms with van der Waals surface area (Å²) in [5, 5.41) is 3.40. The van der Waals surface area contributed by atoms with E-state index in [0.717, 1.165) is 23.3 Å². The van der Waals surface area contributed by atoms with Crippen LogP contribution in [0.4, 0.5) is 14.5 Å². The molecule has 2 aromatic carbocycles. The second-order valence-corrected chi connectivity index (χ2v) is 11.8.